The SMILES string of the molecule is O=S(=O)(NC(c1ccccc1)c1cc2ccccc2o1)c1ccc2c(c1)OC[C@H](F)CO2. The summed E-state index contributed by atoms with van der Waals surface area (Å²) in [4.78, 5) is -0.0193. The molecule has 6 nitrogen and oxygen atoms in total. The molecule has 0 spiro atoms. The number of rotatable bonds is 5. The molecule has 32 heavy (non-hydrogen) atoms. The third-order valence-corrected chi connectivity index (χ3v) is 6.62. The number of para-hydroxylation sites is 1. The summed E-state index contributed by atoms with van der Waals surface area (Å²) in [5, 5.41) is 0.874. The molecule has 1 aliphatic rings. The van der Waals surface area contributed by atoms with Gasteiger partial charge in [-0.05, 0) is 29.8 Å². The molecule has 1 aliphatic heterocycles. The lowest BCUT2D eigenvalue weighted by Gasteiger charge is -2.18. The first-order chi connectivity index (χ1) is 15.5. The fourth-order valence-corrected chi connectivity index (χ4v) is 4.81. The number of halogens is 1. The summed E-state index contributed by atoms with van der Waals surface area (Å²) < 4.78 is 59.7. The number of sulfonamides is 1. The van der Waals surface area contributed by atoms with E-state index in [9.17, 15) is 12.8 Å². The maximum atomic E-state index is 13.6. The van der Waals surface area contributed by atoms with Crippen LogP contribution in [0.5, 0.6) is 11.5 Å². The number of hydrogen-bond acceptors (Lipinski definition) is 5. The average molecular weight is 453 g/mol. The third-order valence-electron chi connectivity index (χ3n) is 5.20. The normalized spacial score (nSPS) is 17.1. The largest absolute Gasteiger partial charge is 0.487 e. The van der Waals surface area contributed by atoms with Gasteiger partial charge in [0.25, 0.3) is 0 Å². The molecule has 0 fully saturated rings. The topological polar surface area (TPSA) is 77.8 Å². The Balaban J connectivity index is 1.52. The van der Waals surface area contributed by atoms with E-state index in [-0.39, 0.29) is 23.9 Å². The Bertz CT molecular complexity index is 1320. The molecule has 2 heterocycles. The summed E-state index contributed by atoms with van der Waals surface area (Å²) >= 11 is 0. The molecule has 3 aromatic carbocycles. The first-order valence-corrected chi connectivity index (χ1v) is 11.6. The van der Waals surface area contributed by atoms with Gasteiger partial charge >= 0.3 is 0 Å². The molecule has 8 heteroatoms. The fourth-order valence-electron chi connectivity index (χ4n) is 3.60. The summed E-state index contributed by atoms with van der Waals surface area (Å²) in [5.74, 6) is 0.963. The molecule has 1 aromatic heterocycles. The van der Waals surface area contributed by atoms with E-state index >= 15 is 0 Å². The molecule has 5 rings (SSSR count). The molecular weight excluding hydrogens is 433 g/mol. The number of ether oxygens (including phenoxy) is 2. The van der Waals surface area contributed by atoms with Crippen molar-refractivity contribution in [1.82, 2.24) is 4.72 Å². The molecule has 0 amide bonds. The van der Waals surface area contributed by atoms with Crippen molar-refractivity contribution in [2.24, 2.45) is 0 Å². The van der Waals surface area contributed by atoms with Gasteiger partial charge in [-0.25, -0.2) is 12.8 Å². The molecule has 4 aromatic rings. The fraction of sp³-hybridized carbons (Fsp3) is 0.167. The van der Waals surface area contributed by atoms with Gasteiger partial charge < -0.3 is 13.9 Å². The van der Waals surface area contributed by atoms with E-state index < -0.39 is 22.2 Å². The second-order valence-corrected chi connectivity index (χ2v) is 9.19. The van der Waals surface area contributed by atoms with Crippen molar-refractivity contribution < 1.29 is 26.7 Å². The van der Waals surface area contributed by atoms with Gasteiger partial charge in [0, 0.05) is 11.5 Å². The lowest BCUT2D eigenvalue weighted by molar-refractivity contribution is 0.162. The van der Waals surface area contributed by atoms with Gasteiger partial charge in [-0.2, -0.15) is 4.72 Å². The number of fused-ring (bicyclic) bond motifs is 2. The van der Waals surface area contributed by atoms with Crippen LogP contribution in [0.3, 0.4) is 0 Å². The Hall–Kier alpha value is -3.36. The third kappa shape index (κ3) is 4.06. The van der Waals surface area contributed by atoms with Crippen molar-refractivity contribution in [1.29, 1.82) is 0 Å². The smallest absolute Gasteiger partial charge is 0.241 e. The van der Waals surface area contributed by atoms with Gasteiger partial charge in [-0.15, -0.1) is 0 Å². The molecule has 0 radical (unpaired) electrons. The molecular formula is C24H20FNO5S. The minimum Gasteiger partial charge on any atom is -0.487 e. The van der Waals surface area contributed by atoms with E-state index in [1.165, 1.54) is 18.2 Å². The predicted molar refractivity (Wildman–Crippen MR) is 117 cm³/mol. The average Bonchev–Trinajstić information content (AvgIpc) is 3.15. The van der Waals surface area contributed by atoms with Crippen LogP contribution in [0.15, 0.2) is 88.2 Å². The number of alkyl halides is 1. The highest BCUT2D eigenvalue weighted by molar-refractivity contribution is 7.89. The first-order valence-electron chi connectivity index (χ1n) is 10.1. The monoisotopic (exact) mass is 453 g/mol. The highest BCUT2D eigenvalue weighted by Gasteiger charge is 2.27. The molecule has 0 bridgehead atoms. The van der Waals surface area contributed by atoms with Crippen molar-refractivity contribution >= 4 is 21.0 Å². The number of hydrogen-bond donors (Lipinski definition) is 1. The summed E-state index contributed by atoms with van der Waals surface area (Å²) in [7, 11) is -3.99. The maximum Gasteiger partial charge on any atom is 0.241 e. The Kier molecular flexibility index (Phi) is 5.32. The van der Waals surface area contributed by atoms with Crippen LogP contribution in [0.25, 0.3) is 11.0 Å². The van der Waals surface area contributed by atoms with Crippen molar-refractivity contribution in [3.05, 3.63) is 90.2 Å². The lowest BCUT2D eigenvalue weighted by atomic mass is 10.1. The van der Waals surface area contributed by atoms with Crippen LogP contribution < -0.4 is 14.2 Å². The van der Waals surface area contributed by atoms with Crippen molar-refractivity contribution in [3.8, 4) is 11.5 Å². The van der Waals surface area contributed by atoms with Crippen LogP contribution in [-0.4, -0.2) is 27.8 Å². The molecule has 0 saturated heterocycles. The van der Waals surface area contributed by atoms with Gasteiger partial charge in [0.15, 0.2) is 17.7 Å². The van der Waals surface area contributed by atoms with Crippen LogP contribution >= 0.6 is 0 Å². The molecule has 164 valence electrons. The molecule has 1 N–H and O–H groups in total. The summed E-state index contributed by atoms with van der Waals surface area (Å²) in [5.41, 5.74) is 1.39. The maximum absolute atomic E-state index is 13.6. The summed E-state index contributed by atoms with van der Waals surface area (Å²) in [6, 6.07) is 22.0. The van der Waals surface area contributed by atoms with Crippen molar-refractivity contribution in [3.63, 3.8) is 0 Å². The second-order valence-electron chi connectivity index (χ2n) is 7.48. The molecule has 2 atom stereocenters. The second kappa shape index (κ2) is 8.29. The molecule has 1 unspecified atom stereocenters. The van der Waals surface area contributed by atoms with Crippen LogP contribution in [0.4, 0.5) is 4.39 Å². The highest BCUT2D eigenvalue weighted by atomic mass is 32.2. The van der Waals surface area contributed by atoms with Crippen LogP contribution in [0.1, 0.15) is 17.4 Å². The summed E-state index contributed by atoms with van der Waals surface area (Å²) in [6.45, 7) is -0.338. The van der Waals surface area contributed by atoms with Gasteiger partial charge in [-0.3, -0.25) is 0 Å². The minimum absolute atomic E-state index is 0.0193. The standard InChI is InChI=1S/C24H20FNO5S/c25-18-14-29-21-11-10-19(13-22(21)30-15-18)32(27,28)26-24(16-6-2-1-3-7-16)23-12-17-8-4-5-9-20(17)31-23/h1-13,18,24,26H,14-15H2/t18-,24?/m1/s1. The van der Waals surface area contributed by atoms with Crippen molar-refractivity contribution in [2.45, 2.75) is 17.1 Å². The lowest BCUT2D eigenvalue weighted by Crippen LogP contribution is -2.29. The number of benzene rings is 3. The van der Waals surface area contributed by atoms with Crippen LogP contribution in [0, 0.1) is 0 Å². The van der Waals surface area contributed by atoms with Gasteiger partial charge in [0.2, 0.25) is 10.0 Å². The van der Waals surface area contributed by atoms with E-state index in [2.05, 4.69) is 4.72 Å². The number of nitrogens with one attached hydrogen (secondary N) is 1. The zero-order valence-corrected chi connectivity index (χ0v) is 17.7. The van der Waals surface area contributed by atoms with Crippen LogP contribution in [0.2, 0.25) is 0 Å². The first kappa shape index (κ1) is 20.5. The van der Waals surface area contributed by atoms with E-state index in [1.54, 1.807) is 0 Å². The molecule has 0 saturated carbocycles. The van der Waals surface area contributed by atoms with Gasteiger partial charge in [-0.1, -0.05) is 48.5 Å². The van der Waals surface area contributed by atoms with Gasteiger partial charge in [0.1, 0.15) is 30.6 Å². The van der Waals surface area contributed by atoms with E-state index in [4.69, 9.17) is 13.9 Å². The Morgan fingerprint density at radius 3 is 2.38 bits per heavy atom. The zero-order chi connectivity index (χ0) is 22.1. The van der Waals surface area contributed by atoms with Gasteiger partial charge in [0.05, 0.1) is 4.90 Å². The predicted octanol–water partition coefficient (Wildman–Crippen LogP) is 4.61. The quantitative estimate of drug-likeness (QED) is 0.478. The highest BCUT2D eigenvalue weighted by Crippen LogP contribution is 2.34. The minimum atomic E-state index is -3.99. The van der Waals surface area contributed by atoms with E-state index in [0.29, 0.717) is 17.1 Å². The Morgan fingerprint density at radius 2 is 1.59 bits per heavy atom. The zero-order valence-electron chi connectivity index (χ0n) is 16.9. The summed E-state index contributed by atoms with van der Waals surface area (Å²) in [6.07, 6.45) is -1.28. The van der Waals surface area contributed by atoms with E-state index in [1.807, 2.05) is 60.7 Å². The van der Waals surface area contributed by atoms with E-state index in [0.717, 1.165) is 10.9 Å². The van der Waals surface area contributed by atoms with Crippen molar-refractivity contribution in [2.75, 3.05) is 13.2 Å². The number of furan rings is 1. The molecule has 0 aliphatic carbocycles. The Morgan fingerprint density at radius 1 is 0.875 bits per heavy atom. The Labute approximate surface area is 184 Å². The van der Waals surface area contributed by atoms with Crippen LogP contribution in [-0.2, 0) is 10.0 Å².